The molecule has 1 heterocycles. The van der Waals surface area contributed by atoms with Gasteiger partial charge in [0.05, 0.1) is 19.8 Å². The Morgan fingerprint density at radius 1 is 1.33 bits per heavy atom. The zero-order valence-electron chi connectivity index (χ0n) is 12.3. The zero-order valence-corrected chi connectivity index (χ0v) is 12.3. The average molecular weight is 296 g/mol. The fourth-order valence-electron chi connectivity index (χ4n) is 1.73. The highest BCUT2D eigenvalue weighted by molar-refractivity contribution is 5.91. The van der Waals surface area contributed by atoms with E-state index in [9.17, 15) is 14.4 Å². The largest absolute Gasteiger partial charge is 0.469 e. The Labute approximate surface area is 123 Å². The molecule has 1 aromatic rings. The van der Waals surface area contributed by atoms with Crippen LogP contribution in [0.5, 0.6) is 0 Å². The molecule has 7 heteroatoms. The summed E-state index contributed by atoms with van der Waals surface area (Å²) in [6.45, 7) is 2.56. The summed E-state index contributed by atoms with van der Waals surface area (Å²) in [6, 6.07) is 3.20. The smallest absolute Gasteiger partial charge is 0.307 e. The van der Waals surface area contributed by atoms with E-state index in [2.05, 4.69) is 10.1 Å². The van der Waals surface area contributed by atoms with Gasteiger partial charge in [-0.05, 0) is 18.6 Å². The van der Waals surface area contributed by atoms with Crippen LogP contribution in [0, 0.1) is 0 Å². The van der Waals surface area contributed by atoms with Gasteiger partial charge in [-0.2, -0.15) is 0 Å². The lowest BCUT2D eigenvalue weighted by Crippen LogP contribution is -2.35. The summed E-state index contributed by atoms with van der Waals surface area (Å²) >= 11 is 0. The summed E-state index contributed by atoms with van der Waals surface area (Å²) in [6.07, 6.45) is 2.12. The van der Waals surface area contributed by atoms with Crippen molar-refractivity contribution < 1.29 is 23.5 Å². The molecule has 0 saturated carbocycles. The number of furan rings is 1. The molecule has 0 aliphatic rings. The van der Waals surface area contributed by atoms with Crippen molar-refractivity contribution in [3.63, 3.8) is 0 Å². The van der Waals surface area contributed by atoms with Crippen LogP contribution in [0.2, 0.25) is 0 Å². The third-order valence-electron chi connectivity index (χ3n) is 2.81. The quantitative estimate of drug-likeness (QED) is 0.566. The molecule has 1 rings (SSSR count). The fraction of sp³-hybridized carbons (Fsp3) is 0.500. The molecule has 0 saturated heterocycles. The number of hydrogen-bond acceptors (Lipinski definition) is 5. The number of nitrogens with zero attached hydrogens (tertiary/aromatic N) is 1. The first-order valence-corrected chi connectivity index (χ1v) is 6.68. The summed E-state index contributed by atoms with van der Waals surface area (Å²) in [5.74, 6) is -0.561. The molecular formula is C14H20N2O5. The van der Waals surface area contributed by atoms with E-state index in [1.54, 1.807) is 12.1 Å². The Bertz CT molecular complexity index is 470. The van der Waals surface area contributed by atoms with Gasteiger partial charge in [0.2, 0.25) is 5.91 Å². The molecule has 0 aliphatic carbocycles. The Morgan fingerprint density at radius 3 is 2.67 bits per heavy atom. The summed E-state index contributed by atoms with van der Waals surface area (Å²) in [5, 5.41) is 2.66. The SMILES string of the molecule is COC(=O)CCN(CCCNC(C)=O)C(=O)c1ccco1. The molecule has 2 amide bonds. The molecule has 0 radical (unpaired) electrons. The molecule has 1 N–H and O–H groups in total. The second-order valence-electron chi connectivity index (χ2n) is 4.43. The van der Waals surface area contributed by atoms with Gasteiger partial charge >= 0.3 is 5.97 Å². The van der Waals surface area contributed by atoms with Crippen molar-refractivity contribution in [1.29, 1.82) is 0 Å². The van der Waals surface area contributed by atoms with Crippen LogP contribution in [-0.4, -0.2) is 49.4 Å². The molecule has 0 aliphatic heterocycles. The number of methoxy groups -OCH3 is 1. The van der Waals surface area contributed by atoms with Crippen molar-refractivity contribution in [2.45, 2.75) is 19.8 Å². The van der Waals surface area contributed by atoms with E-state index in [0.29, 0.717) is 19.5 Å². The first-order chi connectivity index (χ1) is 10.0. The van der Waals surface area contributed by atoms with Crippen molar-refractivity contribution in [2.24, 2.45) is 0 Å². The van der Waals surface area contributed by atoms with Crippen LogP contribution in [0.3, 0.4) is 0 Å². The normalized spacial score (nSPS) is 10.0. The molecule has 0 fully saturated rings. The molecule has 116 valence electrons. The van der Waals surface area contributed by atoms with Crippen LogP contribution in [0.1, 0.15) is 30.3 Å². The Hall–Kier alpha value is -2.31. The van der Waals surface area contributed by atoms with Crippen molar-refractivity contribution >= 4 is 17.8 Å². The van der Waals surface area contributed by atoms with E-state index in [1.165, 1.54) is 25.2 Å². The van der Waals surface area contributed by atoms with Crippen LogP contribution >= 0.6 is 0 Å². The van der Waals surface area contributed by atoms with Gasteiger partial charge in [0, 0.05) is 26.6 Å². The molecule has 0 spiro atoms. The van der Waals surface area contributed by atoms with Gasteiger partial charge in [-0.3, -0.25) is 14.4 Å². The lowest BCUT2D eigenvalue weighted by atomic mass is 10.3. The van der Waals surface area contributed by atoms with Gasteiger partial charge in [-0.15, -0.1) is 0 Å². The number of rotatable bonds is 8. The summed E-state index contributed by atoms with van der Waals surface area (Å²) in [5.41, 5.74) is 0. The van der Waals surface area contributed by atoms with Gasteiger partial charge in [-0.25, -0.2) is 0 Å². The van der Waals surface area contributed by atoms with Crippen molar-refractivity contribution in [3.05, 3.63) is 24.2 Å². The van der Waals surface area contributed by atoms with Gasteiger partial charge in [-0.1, -0.05) is 0 Å². The Morgan fingerprint density at radius 2 is 2.10 bits per heavy atom. The van der Waals surface area contributed by atoms with Gasteiger partial charge in [0.25, 0.3) is 5.91 Å². The lowest BCUT2D eigenvalue weighted by Gasteiger charge is -2.21. The number of carbonyl (C=O) groups is 3. The third kappa shape index (κ3) is 6.11. The minimum absolute atomic E-state index is 0.114. The maximum absolute atomic E-state index is 12.2. The molecule has 0 bridgehead atoms. The van der Waals surface area contributed by atoms with Crippen LogP contribution in [0.4, 0.5) is 0 Å². The lowest BCUT2D eigenvalue weighted by molar-refractivity contribution is -0.140. The molecule has 7 nitrogen and oxygen atoms in total. The first kappa shape index (κ1) is 16.7. The Kier molecular flexibility index (Phi) is 7.00. The van der Waals surface area contributed by atoms with Crippen molar-refractivity contribution in [3.8, 4) is 0 Å². The topological polar surface area (TPSA) is 88.9 Å². The van der Waals surface area contributed by atoms with Gasteiger partial charge in [0.15, 0.2) is 5.76 Å². The average Bonchev–Trinajstić information content (AvgIpc) is 2.99. The third-order valence-corrected chi connectivity index (χ3v) is 2.81. The molecular weight excluding hydrogens is 276 g/mol. The van der Waals surface area contributed by atoms with Crippen LogP contribution in [0.25, 0.3) is 0 Å². The van der Waals surface area contributed by atoms with Crippen molar-refractivity contribution in [2.75, 3.05) is 26.7 Å². The predicted octanol–water partition coefficient (Wildman–Crippen LogP) is 0.811. The second-order valence-corrected chi connectivity index (χ2v) is 4.43. The van der Waals surface area contributed by atoms with Gasteiger partial charge in [0.1, 0.15) is 0 Å². The Balaban J connectivity index is 2.54. The molecule has 21 heavy (non-hydrogen) atoms. The summed E-state index contributed by atoms with van der Waals surface area (Å²) < 4.78 is 9.65. The number of carbonyl (C=O) groups excluding carboxylic acids is 3. The minimum Gasteiger partial charge on any atom is -0.469 e. The van der Waals surface area contributed by atoms with E-state index >= 15 is 0 Å². The molecule has 1 aromatic heterocycles. The number of esters is 1. The zero-order chi connectivity index (χ0) is 15.7. The van der Waals surface area contributed by atoms with E-state index in [4.69, 9.17) is 4.42 Å². The number of nitrogens with one attached hydrogen (secondary N) is 1. The van der Waals surface area contributed by atoms with E-state index < -0.39 is 0 Å². The number of hydrogen-bond donors (Lipinski definition) is 1. The van der Waals surface area contributed by atoms with E-state index in [1.807, 2.05) is 0 Å². The van der Waals surface area contributed by atoms with Crippen LogP contribution < -0.4 is 5.32 Å². The molecule has 0 unspecified atom stereocenters. The standard InChI is InChI=1S/C14H20N2O5/c1-11(17)15-7-4-8-16(9-6-13(18)20-2)14(19)12-5-3-10-21-12/h3,5,10H,4,6-9H2,1-2H3,(H,15,17). The molecule has 0 atom stereocenters. The maximum atomic E-state index is 12.2. The highest BCUT2D eigenvalue weighted by Gasteiger charge is 2.19. The highest BCUT2D eigenvalue weighted by Crippen LogP contribution is 2.07. The number of amides is 2. The number of ether oxygens (including phenoxy) is 1. The summed E-state index contributed by atoms with van der Waals surface area (Å²) in [7, 11) is 1.30. The van der Waals surface area contributed by atoms with E-state index in [-0.39, 0.29) is 36.5 Å². The van der Waals surface area contributed by atoms with Crippen molar-refractivity contribution in [1.82, 2.24) is 10.2 Å². The monoisotopic (exact) mass is 296 g/mol. The van der Waals surface area contributed by atoms with Crippen LogP contribution in [0.15, 0.2) is 22.8 Å². The summed E-state index contributed by atoms with van der Waals surface area (Å²) in [4.78, 5) is 35.7. The van der Waals surface area contributed by atoms with Gasteiger partial charge < -0.3 is 19.4 Å². The molecule has 0 aromatic carbocycles. The first-order valence-electron chi connectivity index (χ1n) is 6.68. The van der Waals surface area contributed by atoms with Crippen LogP contribution in [-0.2, 0) is 14.3 Å². The maximum Gasteiger partial charge on any atom is 0.307 e. The predicted molar refractivity (Wildman–Crippen MR) is 74.5 cm³/mol. The second kappa shape index (κ2) is 8.78. The fourth-order valence-corrected chi connectivity index (χ4v) is 1.73. The minimum atomic E-state index is -0.380. The van der Waals surface area contributed by atoms with E-state index in [0.717, 1.165) is 0 Å². The highest BCUT2D eigenvalue weighted by atomic mass is 16.5.